The van der Waals surface area contributed by atoms with Crippen LogP contribution in [0.3, 0.4) is 0 Å². The molecule has 0 aliphatic carbocycles. The lowest BCUT2D eigenvalue weighted by molar-refractivity contribution is -0.0615. The second-order valence-electron chi connectivity index (χ2n) is 6.94. The number of aryl methyl sites for hydroxylation is 1. The Kier molecular flexibility index (Phi) is 5.11. The van der Waals surface area contributed by atoms with Crippen LogP contribution in [0.4, 0.5) is 0 Å². The summed E-state index contributed by atoms with van der Waals surface area (Å²) in [6.07, 6.45) is 1.66. The largest absolute Gasteiger partial charge is 0.497 e. The van der Waals surface area contributed by atoms with Crippen LogP contribution in [0, 0.1) is 6.92 Å². The number of carbonyl (C=O) groups is 1. The second kappa shape index (κ2) is 7.14. The molecule has 1 amide bonds. The highest BCUT2D eigenvalue weighted by Gasteiger charge is 2.30. The number of nitrogens with zero attached hydrogens (tertiary/aromatic N) is 1. The monoisotopic (exact) mass is 360 g/mol. The molecule has 0 radical (unpaired) electrons. The number of amides is 1. The van der Waals surface area contributed by atoms with Crippen LogP contribution in [0.25, 0.3) is 10.6 Å². The smallest absolute Gasteiger partial charge is 0.263 e. The van der Waals surface area contributed by atoms with Gasteiger partial charge in [-0.15, -0.1) is 11.3 Å². The maximum absolute atomic E-state index is 12.7. The summed E-state index contributed by atoms with van der Waals surface area (Å²) in [6, 6.07) is 7.86. The Morgan fingerprint density at radius 2 is 2.24 bits per heavy atom. The van der Waals surface area contributed by atoms with Crippen molar-refractivity contribution < 1.29 is 14.3 Å². The number of carbonyl (C=O) groups excluding carboxylic acids is 1. The number of benzene rings is 1. The summed E-state index contributed by atoms with van der Waals surface area (Å²) in [5.41, 5.74) is 1.52. The normalized spacial score (nSPS) is 19.4. The SMILES string of the molecule is COc1cccc(-c2nc(C)c(C(=O)NC3CCOC(C)(C)C3)s2)c1. The van der Waals surface area contributed by atoms with Crippen molar-refractivity contribution in [3.63, 3.8) is 0 Å². The van der Waals surface area contributed by atoms with Crippen molar-refractivity contribution in [3.8, 4) is 16.3 Å². The number of aromatic nitrogens is 1. The molecule has 5 nitrogen and oxygen atoms in total. The van der Waals surface area contributed by atoms with Crippen LogP contribution in [0.2, 0.25) is 0 Å². The van der Waals surface area contributed by atoms with Gasteiger partial charge < -0.3 is 14.8 Å². The molecule has 6 heteroatoms. The summed E-state index contributed by atoms with van der Waals surface area (Å²) < 4.78 is 11.0. The maximum Gasteiger partial charge on any atom is 0.263 e. The molecule has 0 saturated carbocycles. The van der Waals surface area contributed by atoms with Gasteiger partial charge in [0, 0.05) is 18.2 Å². The Balaban J connectivity index is 1.76. The van der Waals surface area contributed by atoms with Crippen molar-refractivity contribution in [2.45, 2.75) is 45.3 Å². The zero-order valence-corrected chi connectivity index (χ0v) is 15.9. The van der Waals surface area contributed by atoms with Crippen LogP contribution in [0.5, 0.6) is 5.75 Å². The number of ether oxygens (including phenoxy) is 2. The topological polar surface area (TPSA) is 60.5 Å². The molecule has 1 aliphatic heterocycles. The quantitative estimate of drug-likeness (QED) is 0.900. The molecular weight excluding hydrogens is 336 g/mol. The van der Waals surface area contributed by atoms with Gasteiger partial charge in [0.2, 0.25) is 0 Å². The Morgan fingerprint density at radius 1 is 1.44 bits per heavy atom. The molecule has 25 heavy (non-hydrogen) atoms. The van der Waals surface area contributed by atoms with E-state index >= 15 is 0 Å². The molecular formula is C19H24N2O3S. The number of nitrogens with one attached hydrogen (secondary N) is 1. The Labute approximate surface area is 152 Å². The lowest BCUT2D eigenvalue weighted by Crippen LogP contribution is -2.45. The second-order valence-corrected chi connectivity index (χ2v) is 7.94. The molecule has 0 bridgehead atoms. The number of rotatable bonds is 4. The van der Waals surface area contributed by atoms with E-state index in [0.717, 1.165) is 34.9 Å². The summed E-state index contributed by atoms with van der Waals surface area (Å²) in [7, 11) is 1.64. The Bertz CT molecular complexity index is 770. The predicted octanol–water partition coefficient (Wildman–Crippen LogP) is 3.81. The summed E-state index contributed by atoms with van der Waals surface area (Å²) in [6.45, 7) is 6.67. The van der Waals surface area contributed by atoms with Gasteiger partial charge in [0.1, 0.15) is 15.6 Å². The summed E-state index contributed by atoms with van der Waals surface area (Å²) in [5.74, 6) is 0.729. The van der Waals surface area contributed by atoms with E-state index < -0.39 is 0 Å². The first-order valence-corrected chi connectivity index (χ1v) is 9.26. The maximum atomic E-state index is 12.7. The third kappa shape index (κ3) is 4.19. The van der Waals surface area contributed by atoms with Crippen LogP contribution in [0.15, 0.2) is 24.3 Å². The summed E-state index contributed by atoms with van der Waals surface area (Å²) in [5, 5.41) is 3.97. The molecule has 1 atom stereocenters. The van der Waals surface area contributed by atoms with Gasteiger partial charge in [0.25, 0.3) is 5.91 Å². The minimum absolute atomic E-state index is 0.0492. The minimum Gasteiger partial charge on any atom is -0.497 e. The molecule has 1 aliphatic rings. The molecule has 3 rings (SSSR count). The van der Waals surface area contributed by atoms with Crippen molar-refractivity contribution in [2.75, 3.05) is 13.7 Å². The average molecular weight is 360 g/mol. The number of hydrogen-bond donors (Lipinski definition) is 1. The lowest BCUT2D eigenvalue weighted by atomic mass is 9.94. The van der Waals surface area contributed by atoms with Crippen molar-refractivity contribution in [1.29, 1.82) is 0 Å². The molecule has 1 fully saturated rings. The Hall–Kier alpha value is -1.92. The van der Waals surface area contributed by atoms with Gasteiger partial charge in [0.05, 0.1) is 18.4 Å². The van der Waals surface area contributed by atoms with Crippen molar-refractivity contribution in [1.82, 2.24) is 10.3 Å². The molecule has 1 aromatic heterocycles. The molecule has 1 aromatic carbocycles. The van der Waals surface area contributed by atoms with E-state index in [9.17, 15) is 4.79 Å². The van der Waals surface area contributed by atoms with Crippen LogP contribution in [0.1, 0.15) is 42.1 Å². The van der Waals surface area contributed by atoms with E-state index in [0.29, 0.717) is 11.5 Å². The van der Waals surface area contributed by atoms with Crippen molar-refractivity contribution in [2.24, 2.45) is 0 Å². The van der Waals surface area contributed by atoms with E-state index in [1.807, 2.05) is 31.2 Å². The first-order valence-electron chi connectivity index (χ1n) is 8.44. The van der Waals surface area contributed by atoms with Crippen LogP contribution in [-0.4, -0.2) is 36.3 Å². The van der Waals surface area contributed by atoms with E-state index in [1.54, 1.807) is 7.11 Å². The van der Waals surface area contributed by atoms with E-state index in [2.05, 4.69) is 24.1 Å². The van der Waals surface area contributed by atoms with Gasteiger partial charge in [-0.05, 0) is 45.7 Å². The lowest BCUT2D eigenvalue weighted by Gasteiger charge is -2.35. The van der Waals surface area contributed by atoms with Gasteiger partial charge in [-0.2, -0.15) is 0 Å². The standard InChI is InChI=1S/C19H24N2O3S/c1-12-16(17(22)21-14-8-9-24-19(2,3)11-14)25-18(20-12)13-6-5-7-15(10-13)23-4/h5-7,10,14H,8-9,11H2,1-4H3,(H,21,22). The number of thiazole rings is 1. The summed E-state index contributed by atoms with van der Waals surface area (Å²) in [4.78, 5) is 18.0. The van der Waals surface area contributed by atoms with E-state index in [4.69, 9.17) is 9.47 Å². The number of hydrogen-bond acceptors (Lipinski definition) is 5. The molecule has 2 heterocycles. The molecule has 2 aromatic rings. The van der Waals surface area contributed by atoms with Crippen molar-refractivity contribution in [3.05, 3.63) is 34.8 Å². The van der Waals surface area contributed by atoms with Crippen molar-refractivity contribution >= 4 is 17.2 Å². The third-order valence-electron chi connectivity index (χ3n) is 4.35. The molecule has 1 N–H and O–H groups in total. The molecule has 0 spiro atoms. The molecule has 1 saturated heterocycles. The minimum atomic E-state index is -0.190. The third-order valence-corrected chi connectivity index (χ3v) is 5.56. The summed E-state index contributed by atoms with van der Waals surface area (Å²) >= 11 is 1.42. The average Bonchev–Trinajstić information content (AvgIpc) is 2.96. The van der Waals surface area contributed by atoms with Crippen LogP contribution in [-0.2, 0) is 4.74 Å². The van der Waals surface area contributed by atoms with E-state index in [-0.39, 0.29) is 17.6 Å². The van der Waals surface area contributed by atoms with Gasteiger partial charge >= 0.3 is 0 Å². The molecule has 1 unspecified atom stereocenters. The van der Waals surface area contributed by atoms with Gasteiger partial charge in [-0.3, -0.25) is 4.79 Å². The van der Waals surface area contributed by atoms with Gasteiger partial charge in [-0.1, -0.05) is 12.1 Å². The van der Waals surface area contributed by atoms with Crippen LogP contribution >= 0.6 is 11.3 Å². The fourth-order valence-corrected chi connectivity index (χ4v) is 4.06. The van der Waals surface area contributed by atoms with Crippen LogP contribution < -0.4 is 10.1 Å². The highest BCUT2D eigenvalue weighted by Crippen LogP contribution is 2.30. The number of methoxy groups -OCH3 is 1. The first-order chi connectivity index (χ1) is 11.9. The zero-order valence-electron chi connectivity index (χ0n) is 15.1. The predicted molar refractivity (Wildman–Crippen MR) is 99.4 cm³/mol. The first kappa shape index (κ1) is 17.9. The fourth-order valence-electron chi connectivity index (χ4n) is 3.09. The van der Waals surface area contributed by atoms with Gasteiger partial charge in [0.15, 0.2) is 0 Å². The highest BCUT2D eigenvalue weighted by atomic mass is 32.1. The molecule has 134 valence electrons. The van der Waals surface area contributed by atoms with E-state index in [1.165, 1.54) is 11.3 Å². The highest BCUT2D eigenvalue weighted by molar-refractivity contribution is 7.17. The fraction of sp³-hybridized carbons (Fsp3) is 0.474. The Morgan fingerprint density at radius 3 is 2.96 bits per heavy atom. The van der Waals surface area contributed by atoms with Gasteiger partial charge in [-0.25, -0.2) is 4.98 Å². The zero-order chi connectivity index (χ0) is 18.0.